The van der Waals surface area contributed by atoms with Crippen molar-refractivity contribution in [2.24, 2.45) is 0 Å². The molecule has 4 nitrogen and oxygen atoms in total. The molecule has 1 heterocycles. The number of hydrogen-bond acceptors (Lipinski definition) is 4. The summed E-state index contributed by atoms with van der Waals surface area (Å²) in [6, 6.07) is -7.45. The highest BCUT2D eigenvalue weighted by Gasteiger charge is 2.64. The van der Waals surface area contributed by atoms with Gasteiger partial charge < -0.3 is 19.7 Å². The molecule has 4 aromatic carbocycles. The minimum absolute atomic E-state index is 0.571. The van der Waals surface area contributed by atoms with Gasteiger partial charge >= 0.3 is 49.4 Å². The Balaban J connectivity index is 2.16. The molecule has 4 aromatic rings. The number of halogens is 24. The lowest BCUT2D eigenvalue weighted by molar-refractivity contribution is -0.201. The van der Waals surface area contributed by atoms with Gasteiger partial charge in [0.2, 0.25) is 0 Å². The molecule has 1 aliphatic rings. The number of benzene rings is 4. The smallest absolute Gasteiger partial charge is 0.378 e. The third kappa shape index (κ3) is 10.9. The van der Waals surface area contributed by atoms with Gasteiger partial charge in [0.1, 0.15) is 23.4 Å². The Kier molecular flexibility index (Phi) is 13.6. The summed E-state index contributed by atoms with van der Waals surface area (Å²) in [5, 5.41) is 25.8. The second-order valence-electron chi connectivity index (χ2n) is 15.4. The number of alkyl halides is 24. The minimum Gasteiger partial charge on any atom is -0.378 e. The van der Waals surface area contributed by atoms with Crippen molar-refractivity contribution in [3.05, 3.63) is 140 Å². The molecule has 0 radical (unpaired) electrons. The zero-order valence-corrected chi connectivity index (χ0v) is 33.8. The third-order valence-electron chi connectivity index (χ3n) is 11.0. The molecule has 28 heteroatoms. The van der Waals surface area contributed by atoms with Gasteiger partial charge in [-0.2, -0.15) is 105 Å². The van der Waals surface area contributed by atoms with Crippen LogP contribution in [0.3, 0.4) is 0 Å². The maximum absolute atomic E-state index is 14.4. The predicted molar refractivity (Wildman–Crippen MR) is 185 cm³/mol. The van der Waals surface area contributed by atoms with Gasteiger partial charge in [0.25, 0.3) is 0 Å². The summed E-state index contributed by atoms with van der Waals surface area (Å²) >= 11 is 0. The molecular weight excluding hydrogens is 1010 g/mol. The zero-order chi connectivity index (χ0) is 52.9. The molecule has 69 heavy (non-hydrogen) atoms. The lowest BCUT2D eigenvalue weighted by Crippen LogP contribution is -2.55. The average molecular weight is 1040 g/mol. The second kappa shape index (κ2) is 17.1. The fourth-order valence-corrected chi connectivity index (χ4v) is 7.50. The summed E-state index contributed by atoms with van der Waals surface area (Å²) in [5.41, 5.74) is -38.5. The fourth-order valence-electron chi connectivity index (χ4n) is 7.50. The molecule has 1 saturated heterocycles. The summed E-state index contributed by atoms with van der Waals surface area (Å²) in [6.07, 6.45) is -57.6. The van der Waals surface area contributed by atoms with E-state index in [1.807, 2.05) is 0 Å². The van der Waals surface area contributed by atoms with Crippen LogP contribution in [0.1, 0.15) is 93.5 Å². The maximum atomic E-state index is 14.4. The van der Waals surface area contributed by atoms with Gasteiger partial charge in [0.15, 0.2) is 5.79 Å². The lowest BCUT2D eigenvalue weighted by atomic mass is 9.70. The van der Waals surface area contributed by atoms with Crippen LogP contribution in [0.2, 0.25) is 0 Å². The topological polar surface area (TPSA) is 58.9 Å². The Morgan fingerprint density at radius 3 is 0.551 bits per heavy atom. The van der Waals surface area contributed by atoms with Crippen LogP contribution in [0.25, 0.3) is 0 Å². The normalized spacial score (nSPS) is 18.3. The minimum atomic E-state index is -6.04. The van der Waals surface area contributed by atoms with E-state index in [1.165, 1.54) is 0 Å². The van der Waals surface area contributed by atoms with Crippen LogP contribution in [-0.2, 0) is 70.1 Å². The van der Waals surface area contributed by atoms with Gasteiger partial charge in [-0.15, -0.1) is 0 Å². The average Bonchev–Trinajstić information content (AvgIpc) is 3.61. The van der Waals surface area contributed by atoms with E-state index in [-0.39, 0.29) is 0 Å². The van der Waals surface area contributed by atoms with Crippen molar-refractivity contribution < 1.29 is 125 Å². The Morgan fingerprint density at radius 2 is 0.435 bits per heavy atom. The molecule has 2 N–H and O–H groups in total. The van der Waals surface area contributed by atoms with Crippen molar-refractivity contribution in [2.45, 2.75) is 105 Å². The van der Waals surface area contributed by atoms with Crippen LogP contribution >= 0.6 is 0 Å². The number of ether oxygens (including phenoxy) is 2. The molecule has 0 saturated carbocycles. The molecule has 0 amide bonds. The van der Waals surface area contributed by atoms with E-state index < -0.39 is 231 Å². The molecule has 5 rings (SSSR count). The largest absolute Gasteiger partial charge is 0.416 e. The zero-order valence-electron chi connectivity index (χ0n) is 33.8. The van der Waals surface area contributed by atoms with Crippen LogP contribution < -0.4 is 0 Å². The summed E-state index contributed by atoms with van der Waals surface area (Å²) in [7, 11) is 0. The van der Waals surface area contributed by atoms with Crippen molar-refractivity contribution in [1.82, 2.24) is 0 Å². The standard InChI is InChI=1S/C41H26F24O4/c1-3-31(4-2)68-29(32(66,17-5-21(34(42,43)44)13-22(6-17)35(45,46)47)18-7-23(36(48,49)50)14-24(8-18)37(51,52)53)30(69-31)33(67,19-9-25(38(54,55)56)15-26(10-19)39(57,58)59)20-11-27(40(60,61)62)16-28(12-20)41(63,64)65/h5-16,29-30,66-67H,3-4H2,1-2H3/t29-,30-/m0/s1. The highest BCUT2D eigenvalue weighted by molar-refractivity contribution is 5.51. The quantitative estimate of drug-likeness (QED) is 0.173. The van der Waals surface area contributed by atoms with Gasteiger partial charge in [0.05, 0.1) is 44.5 Å². The van der Waals surface area contributed by atoms with E-state index in [0.29, 0.717) is 0 Å². The van der Waals surface area contributed by atoms with Crippen LogP contribution in [0.5, 0.6) is 0 Å². The first-order valence-corrected chi connectivity index (χ1v) is 18.8. The molecule has 0 aliphatic carbocycles. The first-order valence-electron chi connectivity index (χ1n) is 18.8. The van der Waals surface area contributed by atoms with Crippen LogP contribution in [0.15, 0.2) is 72.8 Å². The summed E-state index contributed by atoms with van der Waals surface area (Å²) in [6.45, 7) is 1.83. The monoisotopic (exact) mass is 1040 g/mol. The summed E-state index contributed by atoms with van der Waals surface area (Å²) < 4.78 is 357. The SMILES string of the molecule is CCC1(CC)O[C@H](C(O)(c2cc(C(F)(F)F)cc(C(F)(F)F)c2)c2cc(C(F)(F)F)cc(C(F)(F)F)c2)[C@@H](C(O)(c2cc(C(F)(F)F)cc(C(F)(F)F)c2)c2cc(C(F)(F)F)cc(C(F)(F)F)c2)O1. The molecule has 0 bridgehead atoms. The first-order chi connectivity index (χ1) is 30.8. The summed E-state index contributed by atoms with van der Waals surface area (Å²) in [5.74, 6) is -2.91. The van der Waals surface area contributed by atoms with E-state index in [1.54, 1.807) is 0 Å². The number of rotatable bonds is 8. The van der Waals surface area contributed by atoms with E-state index >= 15 is 0 Å². The van der Waals surface area contributed by atoms with Gasteiger partial charge in [-0.05, 0) is 108 Å². The Morgan fingerprint density at radius 1 is 0.304 bits per heavy atom. The van der Waals surface area contributed by atoms with Crippen LogP contribution in [0.4, 0.5) is 105 Å². The molecule has 0 aromatic heterocycles. The Hall–Kier alpha value is -4.96. The molecule has 0 spiro atoms. The number of hydrogen-bond donors (Lipinski definition) is 2. The van der Waals surface area contributed by atoms with Crippen molar-refractivity contribution in [3.8, 4) is 0 Å². The molecule has 0 unspecified atom stereocenters. The molecule has 1 fully saturated rings. The van der Waals surface area contributed by atoms with Gasteiger partial charge in [0, 0.05) is 0 Å². The molecule has 382 valence electrons. The van der Waals surface area contributed by atoms with Gasteiger partial charge in [-0.3, -0.25) is 0 Å². The van der Waals surface area contributed by atoms with Crippen molar-refractivity contribution in [1.29, 1.82) is 0 Å². The lowest BCUT2D eigenvalue weighted by Gasteiger charge is -2.43. The highest BCUT2D eigenvalue weighted by atomic mass is 19.4. The van der Waals surface area contributed by atoms with Crippen LogP contribution in [-0.4, -0.2) is 28.2 Å². The van der Waals surface area contributed by atoms with E-state index in [9.17, 15) is 116 Å². The number of aliphatic hydroxyl groups is 2. The predicted octanol–water partition coefficient (Wildman–Crippen LogP) is 14.3. The van der Waals surface area contributed by atoms with Crippen LogP contribution in [0, 0.1) is 0 Å². The van der Waals surface area contributed by atoms with Gasteiger partial charge in [-0.1, -0.05) is 13.8 Å². The van der Waals surface area contributed by atoms with E-state index in [2.05, 4.69) is 0 Å². The Bertz CT molecular complexity index is 2080. The van der Waals surface area contributed by atoms with E-state index in [4.69, 9.17) is 9.47 Å². The summed E-state index contributed by atoms with van der Waals surface area (Å²) in [4.78, 5) is 0. The first kappa shape index (κ1) is 55.0. The molecule has 2 atom stereocenters. The molecular formula is C41H26F24O4. The van der Waals surface area contributed by atoms with Gasteiger partial charge in [-0.25, -0.2) is 0 Å². The molecule has 1 aliphatic heterocycles. The van der Waals surface area contributed by atoms with Crippen molar-refractivity contribution in [3.63, 3.8) is 0 Å². The Labute approximate surface area is 370 Å². The van der Waals surface area contributed by atoms with Crippen molar-refractivity contribution in [2.75, 3.05) is 0 Å². The van der Waals surface area contributed by atoms with E-state index in [0.717, 1.165) is 13.8 Å². The maximum Gasteiger partial charge on any atom is 0.416 e. The highest BCUT2D eigenvalue weighted by Crippen LogP contribution is 2.56. The van der Waals surface area contributed by atoms with Crippen molar-refractivity contribution >= 4 is 0 Å². The fraction of sp³-hybridized carbons (Fsp3) is 0.415. The second-order valence-corrected chi connectivity index (χ2v) is 15.4. The third-order valence-corrected chi connectivity index (χ3v) is 11.0.